The van der Waals surface area contributed by atoms with Crippen LogP contribution in [0.25, 0.3) is 10.9 Å². The molecule has 90 valence electrons. The molecule has 0 saturated heterocycles. The van der Waals surface area contributed by atoms with Crippen LogP contribution in [0.15, 0.2) is 24.3 Å². The van der Waals surface area contributed by atoms with Gasteiger partial charge in [-0.1, -0.05) is 12.1 Å². The zero-order valence-corrected chi connectivity index (χ0v) is 10.7. The van der Waals surface area contributed by atoms with Gasteiger partial charge in [-0.15, -0.1) is 0 Å². The van der Waals surface area contributed by atoms with Crippen molar-refractivity contribution in [2.24, 2.45) is 0 Å². The molecule has 0 bridgehead atoms. The molecule has 2 aromatic rings. The van der Waals surface area contributed by atoms with E-state index in [4.69, 9.17) is 0 Å². The van der Waals surface area contributed by atoms with Crippen molar-refractivity contribution in [1.29, 1.82) is 0 Å². The van der Waals surface area contributed by atoms with Crippen LogP contribution in [0.4, 0.5) is 0 Å². The van der Waals surface area contributed by atoms with Crippen LogP contribution in [-0.4, -0.2) is 16.4 Å². The van der Waals surface area contributed by atoms with E-state index in [1.54, 1.807) is 0 Å². The third-order valence-corrected chi connectivity index (χ3v) is 2.62. The smallest absolute Gasteiger partial charge is 0.268 e. The highest BCUT2D eigenvalue weighted by Gasteiger charge is 2.17. The number of rotatable bonds is 1. The Hall–Kier alpha value is -1.77. The lowest BCUT2D eigenvalue weighted by Gasteiger charge is -2.19. The van der Waals surface area contributed by atoms with Gasteiger partial charge in [0.1, 0.15) is 5.69 Å². The molecule has 3 heteroatoms. The molecule has 0 aliphatic carbocycles. The molecule has 1 heterocycles. The van der Waals surface area contributed by atoms with E-state index >= 15 is 0 Å². The number of hydrogen-bond donors (Lipinski definition) is 2. The summed E-state index contributed by atoms with van der Waals surface area (Å²) in [5, 5.41) is 4.05. The molecule has 0 unspecified atom stereocenters. The SMILES string of the molecule is Cc1cccc2[nH]c(C(=O)NC(C)(C)C)cc12. The van der Waals surface area contributed by atoms with Gasteiger partial charge in [-0.25, -0.2) is 0 Å². The average molecular weight is 230 g/mol. The fourth-order valence-corrected chi connectivity index (χ4v) is 1.84. The summed E-state index contributed by atoms with van der Waals surface area (Å²) < 4.78 is 0. The minimum absolute atomic E-state index is 0.0619. The summed E-state index contributed by atoms with van der Waals surface area (Å²) in [4.78, 5) is 15.1. The first-order chi connectivity index (χ1) is 7.87. The number of aromatic nitrogens is 1. The second-order valence-electron chi connectivity index (χ2n) is 5.42. The van der Waals surface area contributed by atoms with E-state index in [9.17, 15) is 4.79 Å². The van der Waals surface area contributed by atoms with Gasteiger partial charge in [-0.2, -0.15) is 0 Å². The van der Waals surface area contributed by atoms with E-state index in [2.05, 4.69) is 10.3 Å². The maximum absolute atomic E-state index is 12.0. The maximum atomic E-state index is 12.0. The van der Waals surface area contributed by atoms with Gasteiger partial charge >= 0.3 is 0 Å². The minimum Gasteiger partial charge on any atom is -0.351 e. The lowest BCUT2D eigenvalue weighted by atomic mass is 10.1. The predicted molar refractivity (Wildman–Crippen MR) is 70.3 cm³/mol. The van der Waals surface area contributed by atoms with Gasteiger partial charge in [0.2, 0.25) is 0 Å². The fraction of sp³-hybridized carbons (Fsp3) is 0.357. The molecule has 0 aliphatic heterocycles. The number of carbonyl (C=O) groups excluding carboxylic acids is 1. The second kappa shape index (κ2) is 3.91. The highest BCUT2D eigenvalue weighted by molar-refractivity contribution is 5.99. The number of aromatic amines is 1. The third-order valence-electron chi connectivity index (χ3n) is 2.62. The first-order valence-electron chi connectivity index (χ1n) is 5.78. The zero-order valence-electron chi connectivity index (χ0n) is 10.7. The number of nitrogens with one attached hydrogen (secondary N) is 2. The number of carbonyl (C=O) groups is 1. The van der Waals surface area contributed by atoms with Crippen LogP contribution in [0, 0.1) is 6.92 Å². The van der Waals surface area contributed by atoms with Crippen LogP contribution >= 0.6 is 0 Å². The van der Waals surface area contributed by atoms with Crippen molar-refractivity contribution in [2.75, 3.05) is 0 Å². The van der Waals surface area contributed by atoms with Gasteiger partial charge in [0.15, 0.2) is 0 Å². The molecule has 1 amide bonds. The molecule has 2 N–H and O–H groups in total. The molecule has 17 heavy (non-hydrogen) atoms. The van der Waals surface area contributed by atoms with Gasteiger partial charge in [0.25, 0.3) is 5.91 Å². The standard InChI is InChI=1S/C14H18N2O/c1-9-6-5-7-11-10(9)8-12(15-11)13(17)16-14(2,3)4/h5-8,15H,1-4H3,(H,16,17). The van der Waals surface area contributed by atoms with Gasteiger partial charge in [-0.3, -0.25) is 4.79 Å². The van der Waals surface area contributed by atoms with Crippen molar-refractivity contribution in [3.8, 4) is 0 Å². The molecular formula is C14H18N2O. The van der Waals surface area contributed by atoms with E-state index in [1.807, 2.05) is 52.0 Å². The molecule has 1 aromatic carbocycles. The van der Waals surface area contributed by atoms with Crippen LogP contribution in [0.1, 0.15) is 36.8 Å². The van der Waals surface area contributed by atoms with E-state index in [0.29, 0.717) is 5.69 Å². The number of amides is 1. The molecule has 3 nitrogen and oxygen atoms in total. The molecule has 0 saturated carbocycles. The molecule has 0 spiro atoms. The van der Waals surface area contributed by atoms with Gasteiger partial charge < -0.3 is 10.3 Å². The third kappa shape index (κ3) is 2.49. The molecule has 0 radical (unpaired) electrons. The quantitative estimate of drug-likeness (QED) is 0.777. The first-order valence-corrected chi connectivity index (χ1v) is 5.78. The van der Waals surface area contributed by atoms with Crippen molar-refractivity contribution >= 4 is 16.8 Å². The Balaban J connectivity index is 2.37. The van der Waals surface area contributed by atoms with Crippen LogP contribution in [0.2, 0.25) is 0 Å². The van der Waals surface area contributed by atoms with Crippen molar-refractivity contribution in [3.63, 3.8) is 0 Å². The first kappa shape index (κ1) is 11.7. The average Bonchev–Trinajstić information content (AvgIpc) is 2.60. The molecule has 0 fully saturated rings. The fourth-order valence-electron chi connectivity index (χ4n) is 1.84. The number of hydrogen-bond acceptors (Lipinski definition) is 1. The van der Waals surface area contributed by atoms with E-state index < -0.39 is 0 Å². The summed E-state index contributed by atoms with van der Waals surface area (Å²) >= 11 is 0. The topological polar surface area (TPSA) is 44.9 Å². The Kier molecular flexibility index (Phi) is 2.69. The molecule has 1 aromatic heterocycles. The van der Waals surface area contributed by atoms with Crippen molar-refractivity contribution < 1.29 is 4.79 Å². The van der Waals surface area contributed by atoms with Crippen LogP contribution in [-0.2, 0) is 0 Å². The summed E-state index contributed by atoms with van der Waals surface area (Å²) in [6, 6.07) is 7.92. The Morgan fingerprint density at radius 3 is 2.59 bits per heavy atom. The van der Waals surface area contributed by atoms with E-state index in [-0.39, 0.29) is 11.4 Å². The number of benzene rings is 1. The Bertz CT molecular complexity index is 561. The Labute approximate surface area is 101 Å². The van der Waals surface area contributed by atoms with E-state index in [0.717, 1.165) is 10.9 Å². The summed E-state index contributed by atoms with van der Waals surface area (Å²) in [7, 11) is 0. The Morgan fingerprint density at radius 2 is 2.00 bits per heavy atom. The monoisotopic (exact) mass is 230 g/mol. The minimum atomic E-state index is -0.219. The summed E-state index contributed by atoms with van der Waals surface area (Å²) in [6.45, 7) is 7.96. The largest absolute Gasteiger partial charge is 0.351 e. The van der Waals surface area contributed by atoms with Crippen molar-refractivity contribution in [3.05, 3.63) is 35.5 Å². The normalized spacial score (nSPS) is 11.8. The highest BCUT2D eigenvalue weighted by atomic mass is 16.2. The summed E-state index contributed by atoms with van der Waals surface area (Å²) in [6.07, 6.45) is 0. The number of H-pyrrole nitrogens is 1. The van der Waals surface area contributed by atoms with Gasteiger partial charge in [0.05, 0.1) is 0 Å². The van der Waals surface area contributed by atoms with E-state index in [1.165, 1.54) is 5.56 Å². The molecule has 0 aliphatic rings. The lowest BCUT2D eigenvalue weighted by molar-refractivity contribution is 0.0915. The van der Waals surface area contributed by atoms with Gasteiger partial charge in [-0.05, 0) is 45.4 Å². The van der Waals surface area contributed by atoms with Crippen molar-refractivity contribution in [1.82, 2.24) is 10.3 Å². The molecule has 2 rings (SSSR count). The number of fused-ring (bicyclic) bond motifs is 1. The predicted octanol–water partition coefficient (Wildman–Crippen LogP) is 3.00. The summed E-state index contributed by atoms with van der Waals surface area (Å²) in [5.74, 6) is -0.0619. The van der Waals surface area contributed by atoms with Crippen LogP contribution in [0.5, 0.6) is 0 Å². The Morgan fingerprint density at radius 1 is 1.29 bits per heavy atom. The van der Waals surface area contributed by atoms with Crippen molar-refractivity contribution in [2.45, 2.75) is 33.2 Å². The zero-order chi connectivity index (χ0) is 12.6. The van der Waals surface area contributed by atoms with Crippen LogP contribution in [0.3, 0.4) is 0 Å². The highest BCUT2D eigenvalue weighted by Crippen LogP contribution is 2.19. The lowest BCUT2D eigenvalue weighted by Crippen LogP contribution is -2.40. The van der Waals surface area contributed by atoms with Gasteiger partial charge in [0, 0.05) is 16.4 Å². The molecular weight excluding hydrogens is 212 g/mol. The molecule has 0 atom stereocenters. The second-order valence-corrected chi connectivity index (χ2v) is 5.42. The van der Waals surface area contributed by atoms with Crippen LogP contribution < -0.4 is 5.32 Å². The number of aryl methyl sites for hydroxylation is 1. The maximum Gasteiger partial charge on any atom is 0.268 e. The summed E-state index contributed by atoms with van der Waals surface area (Å²) in [5.41, 5.74) is 2.57.